The summed E-state index contributed by atoms with van der Waals surface area (Å²) in [5.74, 6) is 3.11. The Labute approximate surface area is 207 Å². The molecule has 4 aliphatic rings. The summed E-state index contributed by atoms with van der Waals surface area (Å²) in [5, 5.41) is 2.90. The Kier molecular flexibility index (Phi) is 6.44. The van der Waals surface area contributed by atoms with Crippen molar-refractivity contribution in [2.75, 3.05) is 28.2 Å². The summed E-state index contributed by atoms with van der Waals surface area (Å²) in [4.78, 5) is 13.8. The number of nitrogens with zero attached hydrogens (tertiary/aromatic N) is 1. The van der Waals surface area contributed by atoms with E-state index in [1.165, 1.54) is 48.4 Å². The number of nitrogens with one attached hydrogen (secondary N) is 1. The minimum absolute atomic E-state index is 0.249. The Bertz CT molecular complexity index is 1130. The van der Waals surface area contributed by atoms with Crippen molar-refractivity contribution < 1.29 is 13.2 Å². The molecule has 0 heterocycles. The fraction of sp³-hybridized carbons (Fsp3) is 0.519. The van der Waals surface area contributed by atoms with Crippen LogP contribution in [0.4, 0.5) is 11.4 Å². The van der Waals surface area contributed by atoms with Crippen molar-refractivity contribution in [1.82, 2.24) is 0 Å². The van der Waals surface area contributed by atoms with Gasteiger partial charge in [-0.05, 0) is 97.3 Å². The molecular weight excluding hydrogens is 464 g/mol. The fourth-order valence-electron chi connectivity index (χ4n) is 7.02. The summed E-state index contributed by atoms with van der Waals surface area (Å²) in [6.45, 7) is 1.81. The first-order valence-corrected chi connectivity index (χ1v) is 15.2. The summed E-state index contributed by atoms with van der Waals surface area (Å²) < 4.78 is 26.5. The topological polar surface area (TPSA) is 66.5 Å². The van der Waals surface area contributed by atoms with Gasteiger partial charge in [0.25, 0.3) is 0 Å². The molecule has 6 rings (SSSR count). The maximum atomic E-state index is 12.9. The molecule has 34 heavy (non-hydrogen) atoms. The summed E-state index contributed by atoms with van der Waals surface area (Å²) in [6, 6.07) is 15.6. The molecule has 0 saturated heterocycles. The van der Waals surface area contributed by atoms with E-state index in [4.69, 9.17) is 0 Å². The van der Waals surface area contributed by atoms with E-state index in [1.807, 2.05) is 36.4 Å². The van der Waals surface area contributed by atoms with Gasteiger partial charge in [-0.3, -0.25) is 9.10 Å². The number of amides is 1. The molecule has 0 atom stereocenters. The third kappa shape index (κ3) is 4.74. The Hall–Kier alpha value is -1.99. The molecule has 4 bridgehead atoms. The van der Waals surface area contributed by atoms with Gasteiger partial charge in [0, 0.05) is 4.90 Å². The lowest BCUT2D eigenvalue weighted by Crippen LogP contribution is -2.48. The zero-order valence-electron chi connectivity index (χ0n) is 20.0. The lowest BCUT2D eigenvalue weighted by molar-refractivity contribution is -0.114. The highest BCUT2D eigenvalue weighted by atomic mass is 32.2. The molecule has 4 aliphatic carbocycles. The molecule has 4 fully saturated rings. The molecule has 4 saturated carbocycles. The Morgan fingerprint density at radius 1 is 1.00 bits per heavy atom. The number of benzene rings is 2. The number of anilines is 2. The van der Waals surface area contributed by atoms with Gasteiger partial charge in [0.05, 0.1) is 17.6 Å². The van der Waals surface area contributed by atoms with Gasteiger partial charge in [0.2, 0.25) is 15.9 Å². The van der Waals surface area contributed by atoms with Crippen LogP contribution in [0.3, 0.4) is 0 Å². The maximum absolute atomic E-state index is 12.9. The van der Waals surface area contributed by atoms with Gasteiger partial charge in [-0.25, -0.2) is 8.42 Å². The van der Waals surface area contributed by atoms with Crippen molar-refractivity contribution in [2.45, 2.75) is 55.8 Å². The first-order chi connectivity index (χ1) is 16.3. The number of hydrogen-bond donors (Lipinski definition) is 1. The summed E-state index contributed by atoms with van der Waals surface area (Å²) in [6.07, 6.45) is 9.16. The maximum Gasteiger partial charge on any atom is 0.245 e. The van der Waals surface area contributed by atoms with Gasteiger partial charge >= 0.3 is 0 Å². The predicted molar refractivity (Wildman–Crippen MR) is 140 cm³/mol. The molecule has 2 aromatic carbocycles. The number of rotatable bonds is 8. The highest BCUT2D eigenvalue weighted by molar-refractivity contribution is 7.99. The highest BCUT2D eigenvalue weighted by Gasteiger charge is 2.51. The van der Waals surface area contributed by atoms with Crippen LogP contribution in [0.5, 0.6) is 0 Å². The van der Waals surface area contributed by atoms with E-state index < -0.39 is 10.0 Å². The number of thioether (sulfide) groups is 1. The van der Waals surface area contributed by atoms with Crippen molar-refractivity contribution in [3.05, 3.63) is 54.1 Å². The Morgan fingerprint density at radius 3 is 2.15 bits per heavy atom. The second-order valence-electron chi connectivity index (χ2n) is 10.5. The highest BCUT2D eigenvalue weighted by Crippen LogP contribution is 2.60. The molecule has 0 aromatic heterocycles. The molecule has 1 N–H and O–H groups in total. The van der Waals surface area contributed by atoms with Crippen LogP contribution in [-0.4, -0.2) is 32.9 Å². The van der Waals surface area contributed by atoms with Gasteiger partial charge in [0.1, 0.15) is 6.54 Å². The smallest absolute Gasteiger partial charge is 0.245 e. The van der Waals surface area contributed by atoms with Crippen LogP contribution in [0, 0.1) is 17.8 Å². The fourth-order valence-corrected chi connectivity index (χ4v) is 8.63. The van der Waals surface area contributed by atoms with E-state index in [9.17, 15) is 13.2 Å². The van der Waals surface area contributed by atoms with Gasteiger partial charge in [-0.1, -0.05) is 31.2 Å². The lowest BCUT2D eigenvalue weighted by Gasteiger charge is -2.57. The van der Waals surface area contributed by atoms with Crippen LogP contribution in [0.25, 0.3) is 0 Å². The Balaban J connectivity index is 1.34. The minimum Gasteiger partial charge on any atom is -0.323 e. The molecule has 7 heteroatoms. The van der Waals surface area contributed by atoms with Crippen LogP contribution < -0.4 is 9.62 Å². The van der Waals surface area contributed by atoms with Crippen molar-refractivity contribution in [3.63, 3.8) is 0 Å². The zero-order valence-corrected chi connectivity index (χ0v) is 21.6. The number of para-hydroxylation sites is 1. The van der Waals surface area contributed by atoms with Gasteiger partial charge in [-0.15, -0.1) is 11.8 Å². The van der Waals surface area contributed by atoms with Crippen LogP contribution >= 0.6 is 11.8 Å². The van der Waals surface area contributed by atoms with Gasteiger partial charge < -0.3 is 5.32 Å². The van der Waals surface area contributed by atoms with Gasteiger partial charge in [-0.2, -0.15) is 0 Å². The first-order valence-electron chi connectivity index (χ1n) is 12.4. The average Bonchev–Trinajstić information content (AvgIpc) is 2.77. The SMILES string of the molecule is CCSc1ccccc1NC(=O)CN(c1ccc(C23CC4CC(CC(C4)C2)C3)cc1)S(C)(=O)=O. The van der Waals surface area contributed by atoms with Crippen LogP contribution in [-0.2, 0) is 20.2 Å². The van der Waals surface area contributed by atoms with Crippen molar-refractivity contribution in [3.8, 4) is 0 Å². The van der Waals surface area contributed by atoms with Gasteiger partial charge in [0.15, 0.2) is 0 Å². The molecule has 2 aromatic rings. The number of carbonyl (C=O) groups excluding carboxylic acids is 1. The average molecular weight is 499 g/mol. The largest absolute Gasteiger partial charge is 0.323 e. The first kappa shape index (κ1) is 23.7. The molecule has 182 valence electrons. The molecule has 0 spiro atoms. The predicted octanol–water partition coefficient (Wildman–Crippen LogP) is 5.67. The zero-order chi connectivity index (χ0) is 23.9. The molecule has 0 radical (unpaired) electrons. The van der Waals surface area contributed by atoms with Crippen molar-refractivity contribution in [2.24, 2.45) is 17.8 Å². The van der Waals surface area contributed by atoms with E-state index in [-0.39, 0.29) is 17.9 Å². The summed E-state index contributed by atoms with van der Waals surface area (Å²) >= 11 is 1.64. The van der Waals surface area contributed by atoms with E-state index in [2.05, 4.69) is 24.4 Å². The standard InChI is InChI=1S/C27H34N2O3S2/c1-3-33-25-7-5-4-6-24(25)28-26(30)18-29(34(2,31)32)23-10-8-22(9-11-23)27-15-19-12-20(16-27)14-21(13-19)17-27/h4-11,19-21H,3,12-18H2,1-2H3,(H,28,30). The lowest BCUT2D eigenvalue weighted by atomic mass is 9.48. The van der Waals surface area contributed by atoms with Crippen LogP contribution in [0.1, 0.15) is 51.0 Å². The number of hydrogen-bond acceptors (Lipinski definition) is 4. The normalized spacial score (nSPS) is 27.5. The molecule has 0 unspecified atom stereocenters. The van der Waals surface area contributed by atoms with E-state index in [0.29, 0.717) is 11.4 Å². The number of sulfonamides is 1. The second-order valence-corrected chi connectivity index (χ2v) is 13.7. The second kappa shape index (κ2) is 9.23. The summed E-state index contributed by atoms with van der Waals surface area (Å²) in [7, 11) is -3.62. The van der Waals surface area contributed by atoms with Crippen LogP contribution in [0.2, 0.25) is 0 Å². The van der Waals surface area contributed by atoms with E-state index in [0.717, 1.165) is 34.7 Å². The van der Waals surface area contributed by atoms with Crippen LogP contribution in [0.15, 0.2) is 53.4 Å². The summed E-state index contributed by atoms with van der Waals surface area (Å²) in [5.41, 5.74) is 2.87. The van der Waals surface area contributed by atoms with Crippen molar-refractivity contribution >= 4 is 39.1 Å². The third-order valence-electron chi connectivity index (χ3n) is 7.95. The van der Waals surface area contributed by atoms with E-state index >= 15 is 0 Å². The molecular formula is C27H34N2O3S2. The third-order valence-corrected chi connectivity index (χ3v) is 10.1. The van der Waals surface area contributed by atoms with E-state index in [1.54, 1.807) is 11.8 Å². The Morgan fingerprint density at radius 2 is 1.59 bits per heavy atom. The molecule has 0 aliphatic heterocycles. The minimum atomic E-state index is -3.62. The molecule has 5 nitrogen and oxygen atoms in total. The van der Waals surface area contributed by atoms with Crippen molar-refractivity contribution in [1.29, 1.82) is 0 Å². The molecule has 1 amide bonds. The monoisotopic (exact) mass is 498 g/mol. The number of carbonyl (C=O) groups is 1. The quantitative estimate of drug-likeness (QED) is 0.476.